The molecule has 0 heterocycles. The molecule has 2 rings (SSSR count). The molecule has 110 valence electrons. The number of hydrogen-bond donors (Lipinski definition) is 0. The van der Waals surface area contributed by atoms with Crippen molar-refractivity contribution in [3.05, 3.63) is 30.3 Å². The van der Waals surface area contributed by atoms with E-state index >= 15 is 0 Å². The number of oxime groups is 1. The fourth-order valence-corrected chi connectivity index (χ4v) is 3.09. The van der Waals surface area contributed by atoms with Gasteiger partial charge in [-0.3, -0.25) is 4.28 Å². The van der Waals surface area contributed by atoms with E-state index in [1.807, 2.05) is 0 Å². The largest absolute Gasteiger partial charge is 0.358 e. The Bertz CT molecular complexity index is 525. The van der Waals surface area contributed by atoms with Crippen LogP contribution in [0.1, 0.15) is 51.4 Å². The first kappa shape index (κ1) is 15.0. The molecule has 0 aliphatic heterocycles. The SMILES string of the molecule is O=S(=O)(ON=C1CCCCCCCC1)c1ccccc1. The molecule has 1 aromatic rings. The highest BCUT2D eigenvalue weighted by Gasteiger charge is 2.15. The van der Waals surface area contributed by atoms with Crippen LogP contribution < -0.4 is 0 Å². The summed E-state index contributed by atoms with van der Waals surface area (Å²) in [5.74, 6) is 0. The van der Waals surface area contributed by atoms with Crippen molar-refractivity contribution < 1.29 is 12.7 Å². The van der Waals surface area contributed by atoms with Crippen molar-refractivity contribution in [2.24, 2.45) is 5.16 Å². The van der Waals surface area contributed by atoms with Crippen molar-refractivity contribution in [1.29, 1.82) is 0 Å². The Morgan fingerprint density at radius 2 is 1.40 bits per heavy atom. The van der Waals surface area contributed by atoms with E-state index in [2.05, 4.69) is 5.16 Å². The van der Waals surface area contributed by atoms with Crippen LogP contribution in [0.25, 0.3) is 0 Å². The lowest BCUT2D eigenvalue weighted by Crippen LogP contribution is -2.06. The van der Waals surface area contributed by atoms with Gasteiger partial charge in [0.2, 0.25) is 0 Å². The van der Waals surface area contributed by atoms with E-state index < -0.39 is 10.1 Å². The van der Waals surface area contributed by atoms with Gasteiger partial charge in [-0.05, 0) is 37.8 Å². The van der Waals surface area contributed by atoms with Gasteiger partial charge in [-0.15, -0.1) is 0 Å². The fraction of sp³-hybridized carbons (Fsp3) is 0.533. The zero-order chi connectivity index (χ0) is 14.3. The fourth-order valence-electron chi connectivity index (χ4n) is 2.31. The minimum atomic E-state index is -3.78. The number of hydrogen-bond acceptors (Lipinski definition) is 4. The molecule has 0 unspecified atom stereocenters. The maximum absolute atomic E-state index is 12.0. The van der Waals surface area contributed by atoms with Gasteiger partial charge in [0.1, 0.15) is 4.90 Å². The summed E-state index contributed by atoms with van der Waals surface area (Å²) < 4.78 is 28.8. The Kier molecular flexibility index (Phi) is 5.59. The zero-order valence-electron chi connectivity index (χ0n) is 11.6. The summed E-state index contributed by atoms with van der Waals surface area (Å²) in [6.07, 6.45) is 8.69. The Balaban J connectivity index is 2.02. The van der Waals surface area contributed by atoms with E-state index in [1.165, 1.54) is 37.8 Å². The number of nitrogens with zero attached hydrogens (tertiary/aromatic N) is 1. The van der Waals surface area contributed by atoms with Crippen molar-refractivity contribution in [3.63, 3.8) is 0 Å². The average molecular weight is 295 g/mol. The van der Waals surface area contributed by atoms with E-state index in [4.69, 9.17) is 4.28 Å². The standard InChI is InChI=1S/C15H21NO3S/c17-20(18,15-12-8-5-9-13-15)19-16-14-10-6-3-1-2-4-7-11-14/h5,8-9,12-13H,1-4,6-7,10-11H2. The van der Waals surface area contributed by atoms with Gasteiger partial charge >= 0.3 is 10.1 Å². The van der Waals surface area contributed by atoms with Crippen LogP contribution in [-0.4, -0.2) is 14.1 Å². The predicted octanol–water partition coefficient (Wildman–Crippen LogP) is 3.88. The summed E-state index contributed by atoms with van der Waals surface area (Å²) in [5.41, 5.74) is 0.867. The summed E-state index contributed by atoms with van der Waals surface area (Å²) in [7, 11) is -3.78. The average Bonchev–Trinajstić information content (AvgIpc) is 2.60. The molecule has 0 radical (unpaired) electrons. The smallest absolute Gasteiger partial charge is 0.265 e. The Morgan fingerprint density at radius 1 is 0.850 bits per heavy atom. The summed E-state index contributed by atoms with van der Waals surface area (Å²) in [4.78, 5) is 0.146. The second-order valence-electron chi connectivity index (χ2n) is 5.12. The lowest BCUT2D eigenvalue weighted by atomic mass is 10.1. The zero-order valence-corrected chi connectivity index (χ0v) is 12.4. The van der Waals surface area contributed by atoms with E-state index in [1.54, 1.807) is 18.2 Å². The third-order valence-electron chi connectivity index (χ3n) is 3.48. The monoisotopic (exact) mass is 295 g/mol. The van der Waals surface area contributed by atoms with Crippen molar-refractivity contribution in [2.75, 3.05) is 0 Å². The Labute approximate surface area is 121 Å². The van der Waals surface area contributed by atoms with Crippen LogP contribution in [0.3, 0.4) is 0 Å². The van der Waals surface area contributed by atoms with Crippen LogP contribution >= 0.6 is 0 Å². The lowest BCUT2D eigenvalue weighted by Gasteiger charge is -2.05. The van der Waals surface area contributed by atoms with E-state index in [-0.39, 0.29) is 4.90 Å². The first-order chi connectivity index (χ1) is 9.68. The molecule has 0 bridgehead atoms. The number of benzene rings is 1. The molecule has 0 N–H and O–H groups in total. The highest BCUT2D eigenvalue weighted by molar-refractivity contribution is 7.86. The van der Waals surface area contributed by atoms with E-state index in [0.717, 1.165) is 31.4 Å². The summed E-state index contributed by atoms with van der Waals surface area (Å²) in [6, 6.07) is 8.13. The molecule has 0 atom stereocenters. The topological polar surface area (TPSA) is 55.7 Å². The van der Waals surface area contributed by atoms with E-state index in [9.17, 15) is 8.42 Å². The van der Waals surface area contributed by atoms with Gasteiger partial charge < -0.3 is 0 Å². The first-order valence-corrected chi connectivity index (χ1v) is 8.64. The normalized spacial score (nSPS) is 17.7. The van der Waals surface area contributed by atoms with Gasteiger partial charge in [0.05, 0.1) is 5.71 Å². The molecule has 1 saturated carbocycles. The molecule has 5 heteroatoms. The minimum absolute atomic E-state index is 0.146. The van der Waals surface area contributed by atoms with Crippen LogP contribution in [0, 0.1) is 0 Å². The third-order valence-corrected chi connectivity index (χ3v) is 4.60. The quantitative estimate of drug-likeness (QED) is 0.795. The Hall–Kier alpha value is -1.36. The highest BCUT2D eigenvalue weighted by atomic mass is 32.2. The van der Waals surface area contributed by atoms with Crippen LogP contribution in [0.2, 0.25) is 0 Å². The van der Waals surface area contributed by atoms with Gasteiger partial charge in [0.25, 0.3) is 0 Å². The molecule has 1 aromatic carbocycles. The molecule has 20 heavy (non-hydrogen) atoms. The van der Waals surface area contributed by atoms with Crippen molar-refractivity contribution in [3.8, 4) is 0 Å². The second-order valence-corrected chi connectivity index (χ2v) is 6.65. The molecule has 0 aromatic heterocycles. The summed E-state index contributed by atoms with van der Waals surface area (Å²) in [5, 5.41) is 3.90. The van der Waals surface area contributed by atoms with Gasteiger partial charge in [-0.1, -0.05) is 49.0 Å². The van der Waals surface area contributed by atoms with Crippen LogP contribution in [0.15, 0.2) is 40.4 Å². The van der Waals surface area contributed by atoms with Gasteiger partial charge in [0, 0.05) is 0 Å². The van der Waals surface area contributed by atoms with Gasteiger partial charge in [0.15, 0.2) is 0 Å². The molecule has 0 amide bonds. The van der Waals surface area contributed by atoms with Gasteiger partial charge in [-0.25, -0.2) is 0 Å². The van der Waals surface area contributed by atoms with Crippen molar-refractivity contribution >= 4 is 15.8 Å². The Morgan fingerprint density at radius 3 is 2.00 bits per heavy atom. The molecule has 0 saturated heterocycles. The van der Waals surface area contributed by atoms with E-state index in [0.29, 0.717) is 0 Å². The molecule has 1 aliphatic rings. The van der Waals surface area contributed by atoms with Crippen LogP contribution in [0.4, 0.5) is 0 Å². The second kappa shape index (κ2) is 7.43. The lowest BCUT2D eigenvalue weighted by molar-refractivity contribution is 0.336. The molecule has 1 aliphatic carbocycles. The van der Waals surface area contributed by atoms with Crippen molar-refractivity contribution in [1.82, 2.24) is 0 Å². The molecular formula is C15H21NO3S. The molecular weight excluding hydrogens is 274 g/mol. The van der Waals surface area contributed by atoms with Crippen molar-refractivity contribution in [2.45, 2.75) is 56.3 Å². The van der Waals surface area contributed by atoms with Crippen LogP contribution in [0.5, 0.6) is 0 Å². The highest BCUT2D eigenvalue weighted by Crippen LogP contribution is 2.17. The number of rotatable bonds is 3. The third kappa shape index (κ3) is 4.63. The molecule has 0 spiro atoms. The maximum atomic E-state index is 12.0. The van der Waals surface area contributed by atoms with Gasteiger partial charge in [-0.2, -0.15) is 8.42 Å². The molecule has 1 fully saturated rings. The predicted molar refractivity (Wildman–Crippen MR) is 79.1 cm³/mol. The molecule has 4 nitrogen and oxygen atoms in total. The first-order valence-electron chi connectivity index (χ1n) is 7.23. The summed E-state index contributed by atoms with van der Waals surface area (Å²) in [6.45, 7) is 0. The van der Waals surface area contributed by atoms with Crippen LogP contribution in [-0.2, 0) is 14.4 Å². The minimum Gasteiger partial charge on any atom is -0.265 e. The summed E-state index contributed by atoms with van der Waals surface area (Å²) >= 11 is 0. The maximum Gasteiger partial charge on any atom is 0.358 e.